The van der Waals surface area contributed by atoms with Crippen LogP contribution >= 0.6 is 0 Å². The van der Waals surface area contributed by atoms with Gasteiger partial charge in [0.05, 0.1) is 20.1 Å². The monoisotopic (exact) mass is 497 g/mol. The average Bonchev–Trinajstić information content (AvgIpc) is 3.23. The van der Waals surface area contributed by atoms with E-state index in [1.54, 1.807) is 18.2 Å². The van der Waals surface area contributed by atoms with Crippen LogP contribution in [0.1, 0.15) is 21.5 Å². The van der Waals surface area contributed by atoms with Crippen LogP contribution in [0.4, 0.5) is 14.5 Å². The van der Waals surface area contributed by atoms with Crippen LogP contribution in [0, 0.1) is 11.6 Å². The highest BCUT2D eigenvalue weighted by molar-refractivity contribution is 5.99. The molecule has 2 amide bonds. The molecule has 0 aliphatic carbocycles. The number of halogens is 2. The maximum Gasteiger partial charge on any atom is 0.331 e. The molecule has 0 unspecified atom stereocenters. The number of esters is 1. The molecule has 0 saturated carbocycles. The summed E-state index contributed by atoms with van der Waals surface area (Å²) in [6.45, 7) is -0.406. The zero-order valence-corrected chi connectivity index (χ0v) is 19.0. The third-order valence-electron chi connectivity index (χ3n) is 5.52. The topological polar surface area (TPSA) is 116 Å². The summed E-state index contributed by atoms with van der Waals surface area (Å²) < 4.78 is 38.2. The van der Waals surface area contributed by atoms with Gasteiger partial charge in [-0.05, 0) is 41.5 Å². The van der Waals surface area contributed by atoms with Crippen molar-refractivity contribution in [2.45, 2.75) is 19.0 Å². The van der Waals surface area contributed by atoms with E-state index in [-0.39, 0.29) is 31.0 Å². The minimum atomic E-state index is -1.25. The maximum absolute atomic E-state index is 13.5. The largest absolute Gasteiger partial charge is 0.491 e. The molecule has 0 radical (unpaired) electrons. The molecule has 4 rings (SSSR count). The maximum atomic E-state index is 13.5. The van der Waals surface area contributed by atoms with E-state index in [4.69, 9.17) is 9.47 Å². The normalized spacial score (nSPS) is 12.9. The van der Waals surface area contributed by atoms with Gasteiger partial charge in [0.15, 0.2) is 17.7 Å². The predicted octanol–water partition coefficient (Wildman–Crippen LogP) is 2.02. The van der Waals surface area contributed by atoms with Crippen molar-refractivity contribution < 1.29 is 32.6 Å². The van der Waals surface area contributed by atoms with Gasteiger partial charge in [0.25, 0.3) is 11.5 Å². The van der Waals surface area contributed by atoms with Gasteiger partial charge in [-0.1, -0.05) is 12.1 Å². The standard InChI is InChI=1S/C25H21F2N3O6/c1-35-25(34)21(13-36-16-6-5-15-10-22(31)28-20(15)11-16)29-23(32)17-3-2-8-30(24(17)33)12-14-4-7-18(26)19(27)9-14/h2-9,11,21H,10,12-13H2,1H3,(H,28,31)(H,29,32)/t21-/m0/s1. The molecule has 11 heteroatoms. The third kappa shape index (κ3) is 5.40. The van der Waals surface area contributed by atoms with Gasteiger partial charge in [0.2, 0.25) is 5.91 Å². The van der Waals surface area contributed by atoms with Crippen LogP contribution in [-0.4, -0.2) is 42.1 Å². The first-order valence-electron chi connectivity index (χ1n) is 10.8. The number of benzene rings is 2. The van der Waals surface area contributed by atoms with Crippen molar-refractivity contribution in [3.05, 3.63) is 93.4 Å². The number of fused-ring (bicyclic) bond motifs is 1. The Morgan fingerprint density at radius 3 is 2.67 bits per heavy atom. The summed E-state index contributed by atoms with van der Waals surface area (Å²) >= 11 is 0. The summed E-state index contributed by atoms with van der Waals surface area (Å²) in [4.78, 5) is 49.5. The number of methoxy groups -OCH3 is 1. The van der Waals surface area contributed by atoms with Crippen LogP contribution in [0.25, 0.3) is 0 Å². The van der Waals surface area contributed by atoms with Crippen LogP contribution in [0.2, 0.25) is 0 Å². The molecule has 3 aromatic rings. The molecule has 2 heterocycles. The van der Waals surface area contributed by atoms with E-state index in [0.29, 0.717) is 17.0 Å². The molecule has 36 heavy (non-hydrogen) atoms. The van der Waals surface area contributed by atoms with E-state index in [1.807, 2.05) is 0 Å². The van der Waals surface area contributed by atoms with Crippen molar-refractivity contribution in [2.24, 2.45) is 0 Å². The number of nitrogens with one attached hydrogen (secondary N) is 2. The lowest BCUT2D eigenvalue weighted by Crippen LogP contribution is -2.47. The Morgan fingerprint density at radius 2 is 1.92 bits per heavy atom. The number of anilines is 1. The molecular weight excluding hydrogens is 476 g/mol. The van der Waals surface area contributed by atoms with E-state index in [9.17, 15) is 28.0 Å². The first kappa shape index (κ1) is 24.6. The van der Waals surface area contributed by atoms with Crippen molar-refractivity contribution in [3.8, 4) is 5.75 Å². The van der Waals surface area contributed by atoms with Crippen LogP contribution in [-0.2, 0) is 27.3 Å². The van der Waals surface area contributed by atoms with Gasteiger partial charge in [-0.2, -0.15) is 0 Å². The quantitative estimate of drug-likeness (QED) is 0.460. The fourth-order valence-electron chi connectivity index (χ4n) is 3.68. The number of carbonyl (C=O) groups is 3. The predicted molar refractivity (Wildman–Crippen MR) is 124 cm³/mol. The summed E-state index contributed by atoms with van der Waals surface area (Å²) in [5.74, 6) is -3.50. The van der Waals surface area contributed by atoms with Crippen molar-refractivity contribution in [2.75, 3.05) is 19.0 Å². The number of aromatic nitrogens is 1. The molecule has 1 atom stereocenters. The van der Waals surface area contributed by atoms with E-state index in [0.717, 1.165) is 29.4 Å². The van der Waals surface area contributed by atoms with Crippen LogP contribution in [0.3, 0.4) is 0 Å². The first-order valence-corrected chi connectivity index (χ1v) is 10.8. The minimum Gasteiger partial charge on any atom is -0.491 e. The van der Waals surface area contributed by atoms with Crippen LogP contribution in [0.15, 0.2) is 59.5 Å². The van der Waals surface area contributed by atoms with Gasteiger partial charge in [-0.3, -0.25) is 14.4 Å². The Morgan fingerprint density at radius 1 is 1.11 bits per heavy atom. The smallest absolute Gasteiger partial charge is 0.331 e. The van der Waals surface area contributed by atoms with Gasteiger partial charge in [-0.25, -0.2) is 13.6 Å². The Labute approximate surface area is 203 Å². The van der Waals surface area contributed by atoms with Crippen molar-refractivity contribution in [1.82, 2.24) is 9.88 Å². The lowest BCUT2D eigenvalue weighted by molar-refractivity contribution is -0.143. The Kier molecular flexibility index (Phi) is 7.09. The number of nitrogens with zero attached hydrogens (tertiary/aromatic N) is 1. The Bertz CT molecular complexity index is 1400. The number of hydrogen-bond acceptors (Lipinski definition) is 6. The van der Waals surface area contributed by atoms with E-state index < -0.39 is 35.1 Å². The fraction of sp³-hybridized carbons (Fsp3) is 0.200. The summed E-state index contributed by atoms with van der Waals surface area (Å²) in [7, 11) is 1.14. The minimum absolute atomic E-state index is 0.102. The highest BCUT2D eigenvalue weighted by Gasteiger charge is 2.25. The molecular formula is C25H21F2N3O6. The van der Waals surface area contributed by atoms with Crippen LogP contribution in [0.5, 0.6) is 5.75 Å². The van der Waals surface area contributed by atoms with Gasteiger partial charge in [0, 0.05) is 18.0 Å². The van der Waals surface area contributed by atoms with Crippen molar-refractivity contribution in [1.29, 1.82) is 0 Å². The van der Waals surface area contributed by atoms with E-state index >= 15 is 0 Å². The molecule has 186 valence electrons. The Balaban J connectivity index is 1.47. The summed E-state index contributed by atoms with van der Waals surface area (Å²) in [6, 6.07) is 9.65. The second kappa shape index (κ2) is 10.4. The second-order valence-electron chi connectivity index (χ2n) is 8.01. The highest BCUT2D eigenvalue weighted by Crippen LogP contribution is 2.27. The number of rotatable bonds is 8. The first-order chi connectivity index (χ1) is 17.2. The number of ether oxygens (including phenoxy) is 2. The zero-order chi connectivity index (χ0) is 25.8. The fourth-order valence-corrected chi connectivity index (χ4v) is 3.68. The summed E-state index contributed by atoms with van der Waals surface area (Å²) in [6.07, 6.45) is 1.66. The number of carbonyl (C=O) groups excluding carboxylic acids is 3. The average molecular weight is 497 g/mol. The summed E-state index contributed by atoms with van der Waals surface area (Å²) in [5, 5.41) is 5.12. The zero-order valence-electron chi connectivity index (χ0n) is 19.0. The van der Waals surface area contributed by atoms with Gasteiger partial charge in [-0.15, -0.1) is 0 Å². The molecule has 0 spiro atoms. The van der Waals surface area contributed by atoms with Crippen molar-refractivity contribution >= 4 is 23.5 Å². The summed E-state index contributed by atoms with van der Waals surface area (Å²) in [5.41, 5.74) is 0.767. The van der Waals surface area contributed by atoms with Gasteiger partial charge in [0.1, 0.15) is 17.9 Å². The molecule has 1 aliphatic rings. The number of hydrogen-bond donors (Lipinski definition) is 2. The number of pyridine rings is 1. The molecule has 2 aromatic carbocycles. The number of amides is 2. The molecule has 0 saturated heterocycles. The molecule has 0 bridgehead atoms. The van der Waals surface area contributed by atoms with Gasteiger partial charge < -0.3 is 24.7 Å². The SMILES string of the molecule is COC(=O)[C@H](COc1ccc2c(c1)NC(=O)C2)NC(=O)c1cccn(Cc2ccc(F)c(F)c2)c1=O. The lowest BCUT2D eigenvalue weighted by Gasteiger charge is -2.18. The van der Waals surface area contributed by atoms with Crippen molar-refractivity contribution in [3.63, 3.8) is 0 Å². The highest BCUT2D eigenvalue weighted by atomic mass is 19.2. The molecule has 2 N–H and O–H groups in total. The third-order valence-corrected chi connectivity index (χ3v) is 5.52. The molecule has 9 nitrogen and oxygen atoms in total. The van der Waals surface area contributed by atoms with Gasteiger partial charge >= 0.3 is 5.97 Å². The molecule has 1 aromatic heterocycles. The molecule has 1 aliphatic heterocycles. The Hall–Kier alpha value is -4.54. The van der Waals surface area contributed by atoms with Crippen LogP contribution < -0.4 is 20.9 Å². The van der Waals surface area contributed by atoms with E-state index in [1.165, 1.54) is 24.4 Å². The lowest BCUT2D eigenvalue weighted by atomic mass is 10.1. The second-order valence-corrected chi connectivity index (χ2v) is 8.01. The van der Waals surface area contributed by atoms with E-state index in [2.05, 4.69) is 10.6 Å². The molecule has 0 fully saturated rings.